The molecule has 1 fully saturated rings. The number of aromatic nitrogens is 2. The lowest BCUT2D eigenvalue weighted by Crippen LogP contribution is -2.42. The molecular formula is C25H30N4O6. The summed E-state index contributed by atoms with van der Waals surface area (Å²) in [5, 5.41) is 5.01. The number of hydrogen-bond acceptors (Lipinski definition) is 7. The molecule has 1 aromatic heterocycles. The number of aryl methyl sites for hydroxylation is 1. The summed E-state index contributed by atoms with van der Waals surface area (Å²) in [5.74, 6) is 1.04. The van der Waals surface area contributed by atoms with Gasteiger partial charge in [-0.1, -0.05) is 0 Å². The summed E-state index contributed by atoms with van der Waals surface area (Å²) in [6.45, 7) is 2.35. The number of amides is 2. The largest absolute Gasteiger partial charge is 0.491 e. The van der Waals surface area contributed by atoms with Crippen LogP contribution in [0.15, 0.2) is 42.6 Å². The molecule has 186 valence electrons. The van der Waals surface area contributed by atoms with Gasteiger partial charge in [-0.05, 0) is 43.2 Å². The molecule has 0 spiro atoms. The highest BCUT2D eigenvalue weighted by atomic mass is 16.5. The average Bonchev–Trinajstić information content (AvgIpc) is 3.22. The van der Waals surface area contributed by atoms with Gasteiger partial charge in [0.05, 0.1) is 30.0 Å². The fourth-order valence-electron chi connectivity index (χ4n) is 4.05. The standard InChI is InChI=1S/C25H30N4O6/c1-28-22-14-23(21(25(26)31)13-17(22)15-27-28)35-20-5-3-18(4-6-20)33-11-12-34-19-7-9-29(10-8-19)24(30)16-32-2/h3-6,13-15,19H,7-12,16H2,1-2H3,(H2,26,31). The lowest BCUT2D eigenvalue weighted by molar-refractivity contribution is -0.137. The van der Waals surface area contributed by atoms with Crippen molar-refractivity contribution in [3.63, 3.8) is 0 Å². The Morgan fingerprint density at radius 3 is 2.49 bits per heavy atom. The third kappa shape index (κ3) is 6.09. The Morgan fingerprint density at radius 1 is 1.09 bits per heavy atom. The van der Waals surface area contributed by atoms with E-state index in [4.69, 9.17) is 24.7 Å². The summed E-state index contributed by atoms with van der Waals surface area (Å²) >= 11 is 0. The molecular weight excluding hydrogens is 452 g/mol. The second-order valence-electron chi connectivity index (χ2n) is 8.35. The molecule has 10 nitrogen and oxygen atoms in total. The monoisotopic (exact) mass is 482 g/mol. The van der Waals surface area contributed by atoms with Crippen molar-refractivity contribution >= 4 is 22.7 Å². The first kappa shape index (κ1) is 24.5. The summed E-state index contributed by atoms with van der Waals surface area (Å²) < 4.78 is 24.2. The molecule has 0 radical (unpaired) electrons. The van der Waals surface area contributed by atoms with Crippen LogP contribution in [0.2, 0.25) is 0 Å². The van der Waals surface area contributed by atoms with Gasteiger partial charge in [-0.3, -0.25) is 14.3 Å². The summed E-state index contributed by atoms with van der Waals surface area (Å²) in [6.07, 6.45) is 3.41. The van der Waals surface area contributed by atoms with Crippen molar-refractivity contribution in [1.29, 1.82) is 0 Å². The Morgan fingerprint density at radius 2 is 1.80 bits per heavy atom. The van der Waals surface area contributed by atoms with Crippen molar-refractivity contribution in [2.24, 2.45) is 12.8 Å². The number of carbonyl (C=O) groups excluding carboxylic acids is 2. The number of piperidine rings is 1. The zero-order chi connectivity index (χ0) is 24.8. The molecule has 35 heavy (non-hydrogen) atoms. The van der Waals surface area contributed by atoms with Gasteiger partial charge < -0.3 is 29.6 Å². The van der Waals surface area contributed by atoms with E-state index in [0.29, 0.717) is 43.6 Å². The van der Waals surface area contributed by atoms with Crippen LogP contribution in [0, 0.1) is 0 Å². The fraction of sp³-hybridized carbons (Fsp3) is 0.400. The zero-order valence-corrected chi connectivity index (χ0v) is 19.9. The molecule has 2 aromatic carbocycles. The minimum absolute atomic E-state index is 0.0186. The average molecular weight is 483 g/mol. The van der Waals surface area contributed by atoms with Gasteiger partial charge in [0.2, 0.25) is 5.91 Å². The maximum Gasteiger partial charge on any atom is 0.252 e. The van der Waals surface area contributed by atoms with Crippen LogP contribution in [-0.4, -0.2) is 72.6 Å². The van der Waals surface area contributed by atoms with Crippen LogP contribution in [0.4, 0.5) is 0 Å². The number of nitrogens with two attached hydrogens (primary N) is 1. The van der Waals surface area contributed by atoms with Crippen molar-refractivity contribution in [2.75, 3.05) is 40.0 Å². The van der Waals surface area contributed by atoms with Crippen molar-refractivity contribution in [2.45, 2.75) is 18.9 Å². The first-order chi connectivity index (χ1) is 16.9. The van der Waals surface area contributed by atoms with E-state index in [1.165, 1.54) is 7.11 Å². The Hall–Kier alpha value is -3.63. The molecule has 10 heteroatoms. The topological polar surface area (TPSA) is 118 Å². The molecule has 1 aliphatic rings. The van der Waals surface area contributed by atoms with Crippen LogP contribution in [0.25, 0.3) is 10.9 Å². The highest BCUT2D eigenvalue weighted by Crippen LogP contribution is 2.30. The number of methoxy groups -OCH3 is 1. The van der Waals surface area contributed by atoms with Crippen LogP contribution in [0.1, 0.15) is 23.2 Å². The molecule has 3 aromatic rings. The number of benzene rings is 2. The Kier molecular flexibility index (Phi) is 7.84. The van der Waals surface area contributed by atoms with Crippen molar-refractivity contribution in [3.05, 3.63) is 48.2 Å². The van der Waals surface area contributed by atoms with E-state index in [0.717, 1.165) is 23.7 Å². The van der Waals surface area contributed by atoms with Gasteiger partial charge in [0.15, 0.2) is 0 Å². The quantitative estimate of drug-likeness (QED) is 0.441. The van der Waals surface area contributed by atoms with Crippen molar-refractivity contribution in [3.8, 4) is 17.2 Å². The highest BCUT2D eigenvalue weighted by Gasteiger charge is 2.23. The number of rotatable bonds is 10. The maximum atomic E-state index is 11.9. The molecule has 0 saturated carbocycles. The van der Waals surface area contributed by atoms with E-state index < -0.39 is 5.91 Å². The van der Waals surface area contributed by atoms with Gasteiger partial charge in [0, 0.05) is 38.7 Å². The number of primary amides is 1. The Labute approximate surface area is 203 Å². The Bertz CT molecular complexity index is 1170. The third-order valence-corrected chi connectivity index (χ3v) is 5.93. The van der Waals surface area contributed by atoms with E-state index in [-0.39, 0.29) is 24.2 Å². The molecule has 0 bridgehead atoms. The van der Waals surface area contributed by atoms with Gasteiger partial charge in [-0.15, -0.1) is 0 Å². The van der Waals surface area contributed by atoms with Gasteiger partial charge >= 0.3 is 0 Å². The van der Waals surface area contributed by atoms with Gasteiger partial charge in [0.1, 0.15) is 30.5 Å². The summed E-state index contributed by atoms with van der Waals surface area (Å²) in [4.78, 5) is 25.6. The second-order valence-corrected chi connectivity index (χ2v) is 8.35. The summed E-state index contributed by atoms with van der Waals surface area (Å²) in [6, 6.07) is 10.5. The van der Waals surface area contributed by atoms with Gasteiger partial charge in [-0.2, -0.15) is 5.10 Å². The van der Waals surface area contributed by atoms with E-state index in [2.05, 4.69) is 5.10 Å². The predicted octanol–water partition coefficient (Wildman–Crippen LogP) is 2.50. The number of hydrogen-bond donors (Lipinski definition) is 1. The zero-order valence-electron chi connectivity index (χ0n) is 19.9. The molecule has 0 atom stereocenters. The minimum atomic E-state index is -0.571. The molecule has 4 rings (SSSR count). The molecule has 2 heterocycles. The van der Waals surface area contributed by atoms with Crippen LogP contribution < -0.4 is 15.2 Å². The van der Waals surface area contributed by atoms with Gasteiger partial charge in [0.25, 0.3) is 5.91 Å². The lowest BCUT2D eigenvalue weighted by Gasteiger charge is -2.31. The van der Waals surface area contributed by atoms with Gasteiger partial charge in [-0.25, -0.2) is 0 Å². The normalized spacial score (nSPS) is 14.3. The van der Waals surface area contributed by atoms with Crippen molar-refractivity contribution < 1.29 is 28.5 Å². The third-order valence-electron chi connectivity index (χ3n) is 5.93. The second kappa shape index (κ2) is 11.2. The predicted molar refractivity (Wildman–Crippen MR) is 129 cm³/mol. The van der Waals surface area contributed by atoms with Crippen LogP contribution >= 0.6 is 0 Å². The van der Waals surface area contributed by atoms with Crippen molar-refractivity contribution in [1.82, 2.24) is 14.7 Å². The first-order valence-electron chi connectivity index (χ1n) is 11.5. The maximum absolute atomic E-state index is 11.9. The molecule has 0 aliphatic carbocycles. The molecule has 0 unspecified atom stereocenters. The molecule has 1 saturated heterocycles. The van der Waals surface area contributed by atoms with E-state index in [1.54, 1.807) is 47.3 Å². The number of ether oxygens (including phenoxy) is 4. The summed E-state index contributed by atoms with van der Waals surface area (Å²) in [5.41, 5.74) is 6.66. The van der Waals surface area contributed by atoms with E-state index in [1.807, 2.05) is 11.9 Å². The highest BCUT2D eigenvalue weighted by molar-refractivity contribution is 6.00. The van der Waals surface area contributed by atoms with E-state index >= 15 is 0 Å². The molecule has 1 aliphatic heterocycles. The van der Waals surface area contributed by atoms with E-state index in [9.17, 15) is 9.59 Å². The Balaban J connectivity index is 1.25. The molecule has 2 N–H and O–H groups in total. The summed E-state index contributed by atoms with van der Waals surface area (Å²) in [7, 11) is 3.34. The molecule has 2 amide bonds. The van der Waals surface area contributed by atoms with Crippen LogP contribution in [-0.2, 0) is 21.3 Å². The number of likely N-dealkylation sites (tertiary alicyclic amines) is 1. The number of carbonyl (C=O) groups is 2. The van der Waals surface area contributed by atoms with Crippen LogP contribution in [0.3, 0.4) is 0 Å². The van der Waals surface area contributed by atoms with Crippen LogP contribution in [0.5, 0.6) is 17.2 Å². The lowest BCUT2D eigenvalue weighted by atomic mass is 10.1. The first-order valence-corrected chi connectivity index (χ1v) is 11.5. The number of nitrogens with zero attached hydrogens (tertiary/aromatic N) is 3. The minimum Gasteiger partial charge on any atom is -0.491 e. The SMILES string of the molecule is COCC(=O)N1CCC(OCCOc2ccc(Oc3cc4c(cnn4C)cc3C(N)=O)cc2)CC1. The fourth-order valence-corrected chi connectivity index (χ4v) is 4.05. The number of fused-ring (bicyclic) bond motifs is 1. The smallest absolute Gasteiger partial charge is 0.252 e.